The second-order valence-electron chi connectivity index (χ2n) is 5.11. The molecule has 1 aliphatic rings. The van der Waals surface area contributed by atoms with Crippen molar-refractivity contribution < 1.29 is 14.7 Å². The van der Waals surface area contributed by atoms with Crippen molar-refractivity contribution in [2.24, 2.45) is 0 Å². The van der Waals surface area contributed by atoms with Gasteiger partial charge in [0.2, 0.25) is 5.91 Å². The first-order chi connectivity index (χ1) is 9.58. The average Bonchev–Trinajstić information content (AvgIpc) is 2.92. The highest BCUT2D eigenvalue weighted by Crippen LogP contribution is 2.18. The SMILES string of the molecule is Cc1ccc(C(=O)NCCC(=O)N2CCCC2)c(O)c1. The standard InChI is InChI=1S/C15H20N2O3/c1-11-4-5-12(13(18)10-11)15(20)16-7-6-14(19)17-8-2-3-9-17/h4-5,10,18H,2-3,6-9H2,1H3,(H,16,20). The number of rotatable bonds is 4. The van der Waals surface area contributed by atoms with Crippen LogP contribution in [0.4, 0.5) is 0 Å². The predicted octanol–water partition coefficient (Wildman–Crippen LogP) is 1.44. The van der Waals surface area contributed by atoms with Crippen LogP contribution in [0.1, 0.15) is 35.2 Å². The van der Waals surface area contributed by atoms with Crippen molar-refractivity contribution in [2.45, 2.75) is 26.2 Å². The summed E-state index contributed by atoms with van der Waals surface area (Å²) in [6, 6.07) is 4.90. The van der Waals surface area contributed by atoms with Gasteiger partial charge in [-0.3, -0.25) is 9.59 Å². The topological polar surface area (TPSA) is 69.6 Å². The largest absolute Gasteiger partial charge is 0.507 e. The Hall–Kier alpha value is -2.04. The second-order valence-corrected chi connectivity index (χ2v) is 5.11. The first kappa shape index (κ1) is 14.4. The molecule has 20 heavy (non-hydrogen) atoms. The van der Waals surface area contributed by atoms with Crippen molar-refractivity contribution in [3.8, 4) is 5.75 Å². The van der Waals surface area contributed by atoms with Gasteiger partial charge in [-0.05, 0) is 37.5 Å². The first-order valence-corrected chi connectivity index (χ1v) is 6.93. The number of aromatic hydroxyl groups is 1. The monoisotopic (exact) mass is 276 g/mol. The van der Waals surface area contributed by atoms with Gasteiger partial charge in [0.05, 0.1) is 5.56 Å². The van der Waals surface area contributed by atoms with Crippen molar-refractivity contribution in [3.63, 3.8) is 0 Å². The van der Waals surface area contributed by atoms with Crippen LogP contribution in [0.25, 0.3) is 0 Å². The molecule has 0 radical (unpaired) electrons. The summed E-state index contributed by atoms with van der Waals surface area (Å²) >= 11 is 0. The lowest BCUT2D eigenvalue weighted by molar-refractivity contribution is -0.129. The van der Waals surface area contributed by atoms with Crippen LogP contribution in [0.5, 0.6) is 5.75 Å². The van der Waals surface area contributed by atoms with Crippen molar-refractivity contribution in [1.29, 1.82) is 0 Å². The number of benzene rings is 1. The van der Waals surface area contributed by atoms with E-state index < -0.39 is 0 Å². The lowest BCUT2D eigenvalue weighted by atomic mass is 10.1. The number of hydrogen-bond acceptors (Lipinski definition) is 3. The van der Waals surface area contributed by atoms with Crippen LogP contribution in [-0.4, -0.2) is 41.5 Å². The minimum atomic E-state index is -0.350. The van der Waals surface area contributed by atoms with E-state index in [0.29, 0.717) is 13.0 Å². The maximum Gasteiger partial charge on any atom is 0.255 e. The van der Waals surface area contributed by atoms with E-state index >= 15 is 0 Å². The Labute approximate surface area is 118 Å². The van der Waals surface area contributed by atoms with Crippen LogP contribution < -0.4 is 5.32 Å². The fourth-order valence-corrected chi connectivity index (χ4v) is 2.34. The van der Waals surface area contributed by atoms with Crippen LogP contribution in [0.3, 0.4) is 0 Å². The van der Waals surface area contributed by atoms with Gasteiger partial charge < -0.3 is 15.3 Å². The number of carbonyl (C=O) groups is 2. The molecule has 0 unspecified atom stereocenters. The molecule has 1 aromatic rings. The van der Waals surface area contributed by atoms with Gasteiger partial charge in [-0.1, -0.05) is 6.07 Å². The molecule has 0 atom stereocenters. The van der Waals surface area contributed by atoms with Gasteiger partial charge in [-0.15, -0.1) is 0 Å². The van der Waals surface area contributed by atoms with Gasteiger partial charge in [-0.2, -0.15) is 0 Å². The molecule has 1 aliphatic heterocycles. The number of nitrogens with one attached hydrogen (secondary N) is 1. The van der Waals surface area contributed by atoms with Gasteiger partial charge in [0.25, 0.3) is 5.91 Å². The quantitative estimate of drug-likeness (QED) is 0.874. The summed E-state index contributed by atoms with van der Waals surface area (Å²) in [5.74, 6) is -0.305. The predicted molar refractivity (Wildman–Crippen MR) is 75.6 cm³/mol. The van der Waals surface area contributed by atoms with E-state index in [1.807, 2.05) is 11.8 Å². The van der Waals surface area contributed by atoms with Crippen LogP contribution in [0, 0.1) is 6.92 Å². The molecule has 1 fully saturated rings. The third-order valence-electron chi connectivity index (χ3n) is 3.48. The Bertz CT molecular complexity index is 508. The van der Waals surface area contributed by atoms with Crippen molar-refractivity contribution in [3.05, 3.63) is 29.3 Å². The normalized spacial score (nSPS) is 14.3. The highest BCUT2D eigenvalue weighted by molar-refractivity contribution is 5.97. The molecule has 1 saturated heterocycles. The van der Waals surface area contributed by atoms with E-state index in [0.717, 1.165) is 31.5 Å². The average molecular weight is 276 g/mol. The Kier molecular flexibility index (Phi) is 4.61. The number of aryl methyl sites for hydroxylation is 1. The van der Waals surface area contributed by atoms with Crippen LogP contribution in [-0.2, 0) is 4.79 Å². The molecule has 0 aromatic heterocycles. The molecule has 0 spiro atoms. The molecule has 5 heteroatoms. The zero-order valence-corrected chi connectivity index (χ0v) is 11.7. The number of likely N-dealkylation sites (tertiary alicyclic amines) is 1. The summed E-state index contributed by atoms with van der Waals surface area (Å²) in [4.78, 5) is 25.5. The summed E-state index contributed by atoms with van der Waals surface area (Å²) in [7, 11) is 0. The number of phenolic OH excluding ortho intramolecular Hbond substituents is 1. The number of amides is 2. The number of hydrogen-bond donors (Lipinski definition) is 2. The van der Waals surface area contributed by atoms with Gasteiger partial charge in [-0.25, -0.2) is 0 Å². The summed E-state index contributed by atoms with van der Waals surface area (Å²) in [6.45, 7) is 3.79. The van der Waals surface area contributed by atoms with Crippen molar-refractivity contribution in [2.75, 3.05) is 19.6 Å². The van der Waals surface area contributed by atoms with Crippen molar-refractivity contribution in [1.82, 2.24) is 10.2 Å². The van der Waals surface area contributed by atoms with E-state index in [4.69, 9.17) is 0 Å². The molecule has 2 amide bonds. The minimum absolute atomic E-state index is 0.0339. The van der Waals surface area contributed by atoms with E-state index in [1.165, 1.54) is 0 Å². The van der Waals surface area contributed by atoms with Gasteiger partial charge >= 0.3 is 0 Å². The lowest BCUT2D eigenvalue weighted by Gasteiger charge is -2.15. The van der Waals surface area contributed by atoms with E-state index in [9.17, 15) is 14.7 Å². The lowest BCUT2D eigenvalue weighted by Crippen LogP contribution is -2.32. The van der Waals surface area contributed by atoms with Gasteiger partial charge in [0.15, 0.2) is 0 Å². The fraction of sp³-hybridized carbons (Fsp3) is 0.467. The maximum absolute atomic E-state index is 11.9. The fourth-order valence-electron chi connectivity index (χ4n) is 2.34. The van der Waals surface area contributed by atoms with E-state index in [-0.39, 0.29) is 23.1 Å². The van der Waals surface area contributed by atoms with Crippen molar-refractivity contribution >= 4 is 11.8 Å². The second kappa shape index (κ2) is 6.41. The smallest absolute Gasteiger partial charge is 0.255 e. The molecule has 108 valence electrons. The molecular formula is C15H20N2O3. The molecule has 1 aromatic carbocycles. The van der Waals surface area contributed by atoms with Gasteiger partial charge in [0.1, 0.15) is 5.75 Å². The summed E-state index contributed by atoms with van der Waals surface area (Å²) in [5.41, 5.74) is 1.13. The van der Waals surface area contributed by atoms with Crippen LogP contribution >= 0.6 is 0 Å². The molecule has 5 nitrogen and oxygen atoms in total. The molecule has 0 saturated carbocycles. The summed E-state index contributed by atoms with van der Waals surface area (Å²) in [5, 5.41) is 12.4. The Morgan fingerprint density at radius 2 is 2.00 bits per heavy atom. The van der Waals surface area contributed by atoms with E-state index in [2.05, 4.69) is 5.32 Å². The highest BCUT2D eigenvalue weighted by Gasteiger charge is 2.18. The Morgan fingerprint density at radius 3 is 2.65 bits per heavy atom. The molecule has 0 aliphatic carbocycles. The number of carbonyl (C=O) groups excluding carboxylic acids is 2. The number of phenols is 1. The highest BCUT2D eigenvalue weighted by atomic mass is 16.3. The minimum Gasteiger partial charge on any atom is -0.507 e. The number of nitrogens with zero attached hydrogens (tertiary/aromatic N) is 1. The maximum atomic E-state index is 11.9. The third kappa shape index (κ3) is 3.50. The molecule has 0 bridgehead atoms. The van der Waals surface area contributed by atoms with Gasteiger partial charge in [0, 0.05) is 26.1 Å². The Morgan fingerprint density at radius 1 is 1.30 bits per heavy atom. The van der Waals surface area contributed by atoms with Crippen LogP contribution in [0.15, 0.2) is 18.2 Å². The Balaban J connectivity index is 1.81. The summed E-state index contributed by atoms with van der Waals surface area (Å²) in [6.07, 6.45) is 2.43. The molecule has 2 N–H and O–H groups in total. The molecule has 2 rings (SSSR count). The third-order valence-corrected chi connectivity index (χ3v) is 3.48. The molecule has 1 heterocycles. The van der Waals surface area contributed by atoms with Crippen LogP contribution in [0.2, 0.25) is 0 Å². The zero-order valence-electron chi connectivity index (χ0n) is 11.7. The zero-order chi connectivity index (χ0) is 14.5. The first-order valence-electron chi connectivity index (χ1n) is 6.93. The van der Waals surface area contributed by atoms with E-state index in [1.54, 1.807) is 18.2 Å². The molecular weight excluding hydrogens is 256 g/mol. The summed E-state index contributed by atoms with van der Waals surface area (Å²) < 4.78 is 0.